The van der Waals surface area contributed by atoms with Crippen LogP contribution in [-0.4, -0.2) is 19.3 Å². The van der Waals surface area contributed by atoms with Gasteiger partial charge < -0.3 is 8.98 Å². The highest BCUT2D eigenvalue weighted by Crippen LogP contribution is 2.20. The standard InChI is InChI=1S/C20H15ClF2N4O2/c1-12-18(24-11-26(12)9-13-5-7-15(21)8-6-13)19-25-27(20(28)29-19)10-14-3-2-4-16(22)17(14)23/h2-8,11H,9-10H2,1H3. The summed E-state index contributed by atoms with van der Waals surface area (Å²) < 4.78 is 35.3. The van der Waals surface area contributed by atoms with E-state index < -0.39 is 17.4 Å². The fourth-order valence-electron chi connectivity index (χ4n) is 2.93. The summed E-state index contributed by atoms with van der Waals surface area (Å²) in [6.45, 7) is 2.12. The molecule has 148 valence electrons. The van der Waals surface area contributed by atoms with E-state index in [0.29, 0.717) is 17.3 Å². The van der Waals surface area contributed by atoms with Crippen LogP contribution in [0.1, 0.15) is 16.8 Å². The molecule has 0 spiro atoms. The minimum atomic E-state index is -1.02. The summed E-state index contributed by atoms with van der Waals surface area (Å²) >= 11 is 5.91. The molecule has 0 amide bonds. The van der Waals surface area contributed by atoms with Gasteiger partial charge in [-0.25, -0.2) is 18.6 Å². The van der Waals surface area contributed by atoms with E-state index in [9.17, 15) is 13.6 Å². The van der Waals surface area contributed by atoms with Gasteiger partial charge in [0.15, 0.2) is 11.6 Å². The Hall–Kier alpha value is -3.26. The van der Waals surface area contributed by atoms with E-state index in [4.69, 9.17) is 16.0 Å². The molecule has 2 aromatic heterocycles. The Bertz CT molecular complexity index is 1230. The average molecular weight is 417 g/mol. The fraction of sp³-hybridized carbons (Fsp3) is 0.150. The van der Waals surface area contributed by atoms with Crippen molar-refractivity contribution in [3.05, 3.63) is 92.8 Å². The van der Waals surface area contributed by atoms with Crippen molar-refractivity contribution in [2.24, 2.45) is 0 Å². The molecule has 0 saturated carbocycles. The Kier molecular flexibility index (Phi) is 5.02. The van der Waals surface area contributed by atoms with Crippen LogP contribution in [0.4, 0.5) is 8.78 Å². The maximum atomic E-state index is 13.9. The lowest BCUT2D eigenvalue weighted by Gasteiger charge is -2.05. The van der Waals surface area contributed by atoms with Gasteiger partial charge >= 0.3 is 5.76 Å². The molecule has 6 nitrogen and oxygen atoms in total. The molecule has 4 aromatic rings. The van der Waals surface area contributed by atoms with Crippen molar-refractivity contribution in [1.82, 2.24) is 19.3 Å². The third-order valence-electron chi connectivity index (χ3n) is 4.53. The summed E-state index contributed by atoms with van der Waals surface area (Å²) in [6.07, 6.45) is 1.62. The number of hydrogen-bond acceptors (Lipinski definition) is 4. The zero-order valence-electron chi connectivity index (χ0n) is 15.3. The van der Waals surface area contributed by atoms with Gasteiger partial charge in [-0.3, -0.25) is 0 Å². The molecule has 0 fully saturated rings. The Morgan fingerprint density at radius 3 is 2.62 bits per heavy atom. The highest BCUT2D eigenvalue weighted by molar-refractivity contribution is 6.30. The molecule has 0 saturated heterocycles. The first-order valence-corrected chi connectivity index (χ1v) is 9.07. The summed E-state index contributed by atoms with van der Waals surface area (Å²) in [7, 11) is 0. The zero-order chi connectivity index (χ0) is 20.5. The number of imidazole rings is 1. The summed E-state index contributed by atoms with van der Waals surface area (Å²) in [5.41, 5.74) is 2.16. The molecule has 29 heavy (non-hydrogen) atoms. The average Bonchev–Trinajstić information content (AvgIpc) is 3.24. The largest absolute Gasteiger partial charge is 0.437 e. The van der Waals surface area contributed by atoms with Gasteiger partial charge in [-0.1, -0.05) is 35.9 Å². The molecule has 0 aliphatic carbocycles. The van der Waals surface area contributed by atoms with Crippen LogP contribution in [-0.2, 0) is 13.1 Å². The third kappa shape index (κ3) is 3.84. The van der Waals surface area contributed by atoms with Gasteiger partial charge in [0.1, 0.15) is 5.69 Å². The van der Waals surface area contributed by atoms with Gasteiger partial charge in [-0.05, 0) is 30.7 Å². The van der Waals surface area contributed by atoms with Gasteiger partial charge in [0.25, 0.3) is 5.89 Å². The van der Waals surface area contributed by atoms with Crippen molar-refractivity contribution >= 4 is 11.6 Å². The van der Waals surface area contributed by atoms with Crippen LogP contribution in [0, 0.1) is 18.6 Å². The summed E-state index contributed by atoms with van der Waals surface area (Å²) in [5.74, 6) is -2.78. The molecule has 0 bridgehead atoms. The van der Waals surface area contributed by atoms with E-state index in [0.717, 1.165) is 22.0 Å². The Morgan fingerprint density at radius 1 is 1.10 bits per heavy atom. The molecule has 0 unspecified atom stereocenters. The smallest absolute Gasteiger partial charge is 0.386 e. The Morgan fingerprint density at radius 2 is 1.86 bits per heavy atom. The first kappa shape index (κ1) is 19.1. The second-order valence-electron chi connectivity index (χ2n) is 6.48. The third-order valence-corrected chi connectivity index (χ3v) is 4.78. The van der Waals surface area contributed by atoms with Gasteiger partial charge in [0.2, 0.25) is 0 Å². The minimum Gasteiger partial charge on any atom is -0.386 e. The predicted octanol–water partition coefficient (Wildman–Crippen LogP) is 4.04. The van der Waals surface area contributed by atoms with Crippen LogP contribution in [0.5, 0.6) is 0 Å². The molecular formula is C20H15ClF2N4O2. The molecule has 4 rings (SSSR count). The van der Waals surface area contributed by atoms with Gasteiger partial charge in [0, 0.05) is 22.8 Å². The number of benzene rings is 2. The fourth-order valence-corrected chi connectivity index (χ4v) is 3.06. The van der Waals surface area contributed by atoms with Gasteiger partial charge in [-0.15, -0.1) is 5.10 Å². The summed E-state index contributed by atoms with van der Waals surface area (Å²) in [6, 6.07) is 11.2. The van der Waals surface area contributed by atoms with Crippen LogP contribution >= 0.6 is 11.6 Å². The van der Waals surface area contributed by atoms with Crippen LogP contribution in [0.15, 0.2) is 58.0 Å². The lowest BCUT2D eigenvalue weighted by atomic mass is 10.2. The zero-order valence-corrected chi connectivity index (χ0v) is 16.0. The highest BCUT2D eigenvalue weighted by Gasteiger charge is 2.18. The van der Waals surface area contributed by atoms with E-state index in [1.54, 1.807) is 18.5 Å². The molecule has 0 N–H and O–H groups in total. The molecule has 0 atom stereocenters. The summed E-state index contributed by atoms with van der Waals surface area (Å²) in [5, 5.41) is 4.75. The molecule has 0 aliphatic heterocycles. The molecule has 2 heterocycles. The maximum absolute atomic E-state index is 13.9. The van der Waals surface area contributed by atoms with Crippen LogP contribution < -0.4 is 5.76 Å². The highest BCUT2D eigenvalue weighted by atomic mass is 35.5. The van der Waals surface area contributed by atoms with Crippen molar-refractivity contribution in [3.8, 4) is 11.6 Å². The van der Waals surface area contributed by atoms with Gasteiger partial charge in [-0.2, -0.15) is 4.68 Å². The van der Waals surface area contributed by atoms with Crippen molar-refractivity contribution in [2.75, 3.05) is 0 Å². The minimum absolute atomic E-state index is 0.00283. The molecule has 0 radical (unpaired) electrons. The van der Waals surface area contributed by atoms with E-state index in [1.807, 2.05) is 23.6 Å². The Labute approximate surface area is 169 Å². The maximum Gasteiger partial charge on any atom is 0.437 e. The van der Waals surface area contributed by atoms with Crippen molar-refractivity contribution in [1.29, 1.82) is 0 Å². The number of aromatic nitrogens is 4. The monoisotopic (exact) mass is 416 g/mol. The lowest BCUT2D eigenvalue weighted by Crippen LogP contribution is -2.17. The van der Waals surface area contributed by atoms with Crippen molar-refractivity contribution in [2.45, 2.75) is 20.0 Å². The van der Waals surface area contributed by atoms with Crippen molar-refractivity contribution < 1.29 is 13.2 Å². The molecule has 2 aromatic carbocycles. The number of hydrogen-bond donors (Lipinski definition) is 0. The quantitative estimate of drug-likeness (QED) is 0.492. The second-order valence-corrected chi connectivity index (χ2v) is 6.91. The topological polar surface area (TPSA) is 65.8 Å². The normalized spacial score (nSPS) is 11.2. The van der Waals surface area contributed by atoms with E-state index in [-0.39, 0.29) is 18.0 Å². The second kappa shape index (κ2) is 7.63. The van der Waals surface area contributed by atoms with E-state index >= 15 is 0 Å². The van der Waals surface area contributed by atoms with Crippen LogP contribution in [0.25, 0.3) is 11.6 Å². The number of nitrogens with zero attached hydrogens (tertiary/aromatic N) is 4. The van der Waals surface area contributed by atoms with Gasteiger partial charge in [0.05, 0.1) is 12.9 Å². The SMILES string of the molecule is Cc1c(-c2nn(Cc3cccc(F)c3F)c(=O)o2)ncn1Cc1ccc(Cl)cc1. The number of halogens is 3. The first-order chi connectivity index (χ1) is 13.9. The lowest BCUT2D eigenvalue weighted by molar-refractivity contribution is 0.473. The molecule has 0 aliphatic rings. The first-order valence-electron chi connectivity index (χ1n) is 8.70. The van der Waals surface area contributed by atoms with Crippen molar-refractivity contribution in [3.63, 3.8) is 0 Å². The van der Waals surface area contributed by atoms with E-state index in [1.165, 1.54) is 12.1 Å². The van der Waals surface area contributed by atoms with Crippen LogP contribution in [0.3, 0.4) is 0 Å². The summed E-state index contributed by atoms with van der Waals surface area (Å²) in [4.78, 5) is 16.4. The van der Waals surface area contributed by atoms with Crippen LogP contribution in [0.2, 0.25) is 5.02 Å². The number of rotatable bonds is 5. The molecular weight excluding hydrogens is 402 g/mol. The van der Waals surface area contributed by atoms with E-state index in [2.05, 4.69) is 10.1 Å². The molecule has 9 heteroatoms. The Balaban J connectivity index is 1.60. The predicted molar refractivity (Wildman–Crippen MR) is 103 cm³/mol.